The molecule has 4 heterocycles. The molecule has 1 amide bonds. The van der Waals surface area contributed by atoms with Crippen LogP contribution in [0.4, 0.5) is 19.0 Å². The van der Waals surface area contributed by atoms with Gasteiger partial charge in [-0.1, -0.05) is 24.3 Å². The fourth-order valence-electron chi connectivity index (χ4n) is 4.12. The van der Waals surface area contributed by atoms with Crippen LogP contribution in [0.1, 0.15) is 9.67 Å². The van der Waals surface area contributed by atoms with Crippen molar-refractivity contribution in [1.29, 1.82) is 0 Å². The van der Waals surface area contributed by atoms with Crippen LogP contribution in [0.2, 0.25) is 0 Å². The number of pyridine rings is 1. The molecule has 3 aromatic rings. The first-order valence-electron chi connectivity index (χ1n) is 10.6. The Kier molecular flexibility index (Phi) is 7.03. The number of likely N-dealkylation sites (tertiary alicyclic amines) is 1. The molecule has 34 heavy (non-hydrogen) atoms. The highest BCUT2D eigenvalue weighted by Gasteiger charge is 2.45. The number of nitrogens with zero attached hydrogens (tertiary/aromatic N) is 2. The van der Waals surface area contributed by atoms with Crippen LogP contribution in [0, 0.1) is 11.8 Å². The van der Waals surface area contributed by atoms with Crippen molar-refractivity contribution in [3.8, 4) is 0 Å². The van der Waals surface area contributed by atoms with Gasteiger partial charge in [-0.3, -0.25) is 4.79 Å². The molecule has 180 valence electrons. The maximum Gasteiger partial charge on any atom is 0.490 e. The number of alkyl halides is 3. The molecule has 2 aromatic heterocycles. The maximum atomic E-state index is 13.0. The Balaban J connectivity index is 0.000000344. The summed E-state index contributed by atoms with van der Waals surface area (Å²) >= 11 is 1.58. The summed E-state index contributed by atoms with van der Waals surface area (Å²) in [6.45, 7) is 3.04. The highest BCUT2D eigenvalue weighted by Crippen LogP contribution is 2.35. The summed E-state index contributed by atoms with van der Waals surface area (Å²) in [5, 5.41) is 11.7. The van der Waals surface area contributed by atoms with E-state index in [9.17, 15) is 18.0 Å². The molecule has 3 atom stereocenters. The fourth-order valence-corrected chi connectivity index (χ4v) is 5.15. The summed E-state index contributed by atoms with van der Waals surface area (Å²) in [5.74, 6) is -0.952. The van der Waals surface area contributed by atoms with E-state index >= 15 is 0 Å². The number of rotatable bonds is 4. The van der Waals surface area contributed by atoms with E-state index in [-0.39, 0.29) is 12.0 Å². The van der Waals surface area contributed by atoms with Gasteiger partial charge in [-0.25, -0.2) is 9.78 Å². The number of carboxylic acids is 1. The topological polar surface area (TPSA) is 91.8 Å². The number of thiophene rings is 1. The number of benzene rings is 1. The predicted octanol–water partition coefficient (Wildman–Crippen LogP) is 4.13. The molecular formula is C23H22F3N3O4S. The van der Waals surface area contributed by atoms with Gasteiger partial charge in [0.05, 0.1) is 17.6 Å². The Morgan fingerprint density at radius 1 is 1.18 bits per heavy atom. The number of halogens is 3. The zero-order valence-electron chi connectivity index (χ0n) is 17.9. The van der Waals surface area contributed by atoms with E-state index in [0.29, 0.717) is 18.4 Å². The van der Waals surface area contributed by atoms with Crippen molar-refractivity contribution in [1.82, 2.24) is 9.88 Å². The highest BCUT2D eigenvalue weighted by atomic mass is 32.1. The number of carbonyl (C=O) groups is 2. The number of carbonyl (C=O) groups excluding carboxylic acids is 1. The average molecular weight is 494 g/mol. The van der Waals surface area contributed by atoms with Gasteiger partial charge < -0.3 is 20.1 Å². The van der Waals surface area contributed by atoms with E-state index in [0.717, 1.165) is 40.5 Å². The predicted molar refractivity (Wildman–Crippen MR) is 121 cm³/mol. The standard InChI is InChI=1S/C21H21N3O2S.C2HF3O2/c25-21(19-9-14-5-1-2-6-18(14)27-19)24-11-16-15(13-26-17(16)12-24)10-23-20-7-3-4-8-22-20;3-2(4,5)1(6)7/h1-9,15-17H,10-13H2,(H,22,23);(H,6,7)/t15-,16+,17+;/m0./s1. The largest absolute Gasteiger partial charge is 0.490 e. The van der Waals surface area contributed by atoms with Crippen LogP contribution in [0.3, 0.4) is 0 Å². The first-order chi connectivity index (χ1) is 16.2. The number of hydrogen-bond donors (Lipinski definition) is 2. The van der Waals surface area contributed by atoms with Crippen molar-refractivity contribution in [3.05, 3.63) is 59.6 Å². The summed E-state index contributed by atoms with van der Waals surface area (Å²) in [6.07, 6.45) is -3.14. The molecule has 1 aromatic carbocycles. The second kappa shape index (κ2) is 9.98. The van der Waals surface area contributed by atoms with Gasteiger partial charge in [0, 0.05) is 42.4 Å². The molecule has 7 nitrogen and oxygen atoms in total. The lowest BCUT2D eigenvalue weighted by molar-refractivity contribution is -0.192. The third-order valence-corrected chi connectivity index (χ3v) is 6.92. The van der Waals surface area contributed by atoms with Gasteiger partial charge in [0.1, 0.15) is 5.82 Å². The molecule has 0 spiro atoms. The average Bonchev–Trinajstić information content (AvgIpc) is 3.52. The summed E-state index contributed by atoms with van der Waals surface area (Å²) in [6, 6.07) is 16.0. The van der Waals surface area contributed by atoms with E-state index in [2.05, 4.69) is 22.4 Å². The lowest BCUT2D eigenvalue weighted by Gasteiger charge is -2.20. The number of aromatic nitrogens is 1. The van der Waals surface area contributed by atoms with Crippen molar-refractivity contribution in [2.45, 2.75) is 12.3 Å². The minimum Gasteiger partial charge on any atom is -0.475 e. The van der Waals surface area contributed by atoms with Crippen LogP contribution < -0.4 is 5.32 Å². The third kappa shape index (κ3) is 5.48. The number of fused-ring (bicyclic) bond motifs is 2. The lowest BCUT2D eigenvalue weighted by Crippen LogP contribution is -2.31. The second-order valence-electron chi connectivity index (χ2n) is 8.05. The Labute approximate surface area is 197 Å². The van der Waals surface area contributed by atoms with Crippen molar-refractivity contribution >= 4 is 39.1 Å². The number of ether oxygens (including phenoxy) is 1. The lowest BCUT2D eigenvalue weighted by atomic mass is 9.93. The number of nitrogens with one attached hydrogen (secondary N) is 1. The number of anilines is 1. The molecule has 2 fully saturated rings. The summed E-state index contributed by atoms with van der Waals surface area (Å²) in [7, 11) is 0. The van der Waals surface area contributed by atoms with E-state index < -0.39 is 12.1 Å². The SMILES string of the molecule is O=C(O)C(F)(F)F.O=C(c1cc2ccccc2s1)N1C[C@@H]2[C@@H](CNc3ccccn3)CO[C@@H]2C1. The molecule has 2 aliphatic rings. The van der Waals surface area contributed by atoms with Gasteiger partial charge in [0.2, 0.25) is 0 Å². The number of aliphatic carboxylic acids is 1. The minimum absolute atomic E-state index is 0.130. The molecule has 0 aliphatic carbocycles. The van der Waals surface area contributed by atoms with Crippen LogP contribution in [0.15, 0.2) is 54.7 Å². The zero-order valence-corrected chi connectivity index (χ0v) is 18.7. The minimum atomic E-state index is -5.08. The molecule has 0 bridgehead atoms. The molecule has 0 saturated carbocycles. The second-order valence-corrected chi connectivity index (χ2v) is 9.14. The molecule has 0 unspecified atom stereocenters. The number of amides is 1. The van der Waals surface area contributed by atoms with Gasteiger partial charge in [-0.2, -0.15) is 13.2 Å². The molecule has 2 N–H and O–H groups in total. The van der Waals surface area contributed by atoms with Gasteiger partial charge in [0.25, 0.3) is 5.91 Å². The van der Waals surface area contributed by atoms with Crippen LogP contribution in [0.25, 0.3) is 10.1 Å². The zero-order chi connectivity index (χ0) is 24.3. The number of carboxylic acid groups (broad SMARTS) is 1. The monoisotopic (exact) mass is 493 g/mol. The summed E-state index contributed by atoms with van der Waals surface area (Å²) in [4.78, 5) is 29.0. The van der Waals surface area contributed by atoms with Crippen LogP contribution in [-0.4, -0.2) is 65.4 Å². The maximum absolute atomic E-state index is 13.0. The van der Waals surface area contributed by atoms with Crippen molar-refractivity contribution in [3.63, 3.8) is 0 Å². The van der Waals surface area contributed by atoms with Gasteiger partial charge in [-0.05, 0) is 29.7 Å². The normalized spacial score (nSPS) is 21.6. The first kappa shape index (κ1) is 24.0. The number of hydrogen-bond acceptors (Lipinski definition) is 6. The van der Waals surface area contributed by atoms with Crippen LogP contribution in [-0.2, 0) is 9.53 Å². The van der Waals surface area contributed by atoms with E-state index in [4.69, 9.17) is 14.6 Å². The Morgan fingerprint density at radius 2 is 1.91 bits per heavy atom. The Hall–Kier alpha value is -3.18. The van der Waals surface area contributed by atoms with Crippen LogP contribution >= 0.6 is 11.3 Å². The van der Waals surface area contributed by atoms with Gasteiger partial charge in [-0.15, -0.1) is 11.3 Å². The smallest absolute Gasteiger partial charge is 0.475 e. The Morgan fingerprint density at radius 3 is 2.59 bits per heavy atom. The fraction of sp³-hybridized carbons (Fsp3) is 0.348. The molecule has 11 heteroatoms. The van der Waals surface area contributed by atoms with Crippen molar-refractivity contribution in [2.75, 3.05) is 31.6 Å². The first-order valence-corrected chi connectivity index (χ1v) is 11.4. The highest BCUT2D eigenvalue weighted by molar-refractivity contribution is 7.20. The molecule has 2 saturated heterocycles. The quantitative estimate of drug-likeness (QED) is 0.568. The van der Waals surface area contributed by atoms with Crippen LogP contribution in [0.5, 0.6) is 0 Å². The van der Waals surface area contributed by atoms with Crippen molar-refractivity contribution in [2.24, 2.45) is 11.8 Å². The summed E-state index contributed by atoms with van der Waals surface area (Å²) in [5.41, 5.74) is 0. The molecule has 5 rings (SSSR count). The molecule has 0 radical (unpaired) electrons. The van der Waals surface area contributed by atoms with E-state index in [1.54, 1.807) is 17.5 Å². The third-order valence-electron chi connectivity index (χ3n) is 5.82. The van der Waals surface area contributed by atoms with E-state index in [1.165, 1.54) is 0 Å². The molecular weight excluding hydrogens is 471 g/mol. The molecule has 2 aliphatic heterocycles. The Bertz CT molecular complexity index is 1120. The van der Waals surface area contributed by atoms with Gasteiger partial charge in [0.15, 0.2) is 0 Å². The van der Waals surface area contributed by atoms with E-state index in [1.807, 2.05) is 41.3 Å². The van der Waals surface area contributed by atoms with Crippen molar-refractivity contribution < 1.29 is 32.6 Å². The summed E-state index contributed by atoms with van der Waals surface area (Å²) < 4.78 is 38.9. The van der Waals surface area contributed by atoms with Gasteiger partial charge >= 0.3 is 12.1 Å².